The summed E-state index contributed by atoms with van der Waals surface area (Å²) in [6.07, 6.45) is 47.7. The summed E-state index contributed by atoms with van der Waals surface area (Å²) in [4.78, 5) is 72.1. The second-order valence-corrected chi connectivity index (χ2v) is 27.9. The van der Waals surface area contributed by atoms with E-state index < -0.39 is 97.5 Å². The number of hydrogen-bond donors (Lipinski definition) is 3. The number of phosphoric ester groups is 2. The minimum Gasteiger partial charge on any atom is -0.462 e. The van der Waals surface area contributed by atoms with Gasteiger partial charge >= 0.3 is 39.5 Å². The standard InChI is InChI=1S/C68H132O17P2/c1-6-9-12-15-17-19-20-21-22-23-24-25-28-32-35-39-44-49-54-68(73)85-64(58-79-66(71)52-47-42-38-34-31-29-26-27-30-33-36-41-45-50-61(4)5)60-83-87(76,77)81-56-62(69)55-80-86(74,75)82-59-63(57-78-65(70)51-46-40-14-11-8-3)84-67(72)53-48-43-37-18-16-13-10-7-2/h61-64,69H,6-60H2,1-5H3,(H,74,75)(H,76,77)/t62-,63+,64+/m0/s1. The Hall–Kier alpha value is -1.94. The number of ether oxygens (including phenoxy) is 4. The molecule has 0 aliphatic heterocycles. The topological polar surface area (TPSA) is 237 Å². The first kappa shape index (κ1) is 85.1. The first-order chi connectivity index (χ1) is 42.0. The van der Waals surface area contributed by atoms with Gasteiger partial charge in [-0.1, -0.05) is 298 Å². The average Bonchev–Trinajstić information content (AvgIpc) is 3.50. The molecular formula is C68H132O17P2. The third-order valence-corrected chi connectivity index (χ3v) is 17.7. The summed E-state index contributed by atoms with van der Waals surface area (Å²) < 4.78 is 67.9. The van der Waals surface area contributed by atoms with Crippen LogP contribution in [-0.4, -0.2) is 96.7 Å². The molecule has 0 amide bonds. The molecule has 0 radical (unpaired) electrons. The maximum Gasteiger partial charge on any atom is 0.472 e. The zero-order chi connectivity index (χ0) is 64.2. The van der Waals surface area contributed by atoms with Crippen LogP contribution in [0.4, 0.5) is 0 Å². The summed E-state index contributed by atoms with van der Waals surface area (Å²) in [6.45, 7) is 7.13. The molecule has 0 aliphatic rings. The minimum absolute atomic E-state index is 0.104. The van der Waals surface area contributed by atoms with E-state index in [4.69, 9.17) is 37.0 Å². The van der Waals surface area contributed by atoms with Crippen LogP contribution in [0.15, 0.2) is 0 Å². The molecule has 87 heavy (non-hydrogen) atoms. The monoisotopic (exact) mass is 1280 g/mol. The van der Waals surface area contributed by atoms with Gasteiger partial charge in [-0.05, 0) is 31.6 Å². The van der Waals surface area contributed by atoms with Crippen LogP contribution in [-0.2, 0) is 65.4 Å². The maximum absolute atomic E-state index is 13.0. The van der Waals surface area contributed by atoms with Gasteiger partial charge in [-0.2, -0.15) is 0 Å². The van der Waals surface area contributed by atoms with E-state index >= 15 is 0 Å². The highest BCUT2D eigenvalue weighted by Gasteiger charge is 2.30. The zero-order valence-electron chi connectivity index (χ0n) is 56.2. The van der Waals surface area contributed by atoms with Crippen molar-refractivity contribution in [2.24, 2.45) is 5.92 Å². The van der Waals surface area contributed by atoms with Gasteiger partial charge in [-0.15, -0.1) is 0 Å². The molecule has 0 rings (SSSR count). The predicted molar refractivity (Wildman–Crippen MR) is 349 cm³/mol. The molecule has 0 heterocycles. The van der Waals surface area contributed by atoms with Crippen molar-refractivity contribution in [2.75, 3.05) is 39.6 Å². The van der Waals surface area contributed by atoms with Gasteiger partial charge < -0.3 is 33.8 Å². The lowest BCUT2D eigenvalue weighted by molar-refractivity contribution is -0.161. The second kappa shape index (κ2) is 61.6. The Morgan fingerprint density at radius 2 is 0.529 bits per heavy atom. The highest BCUT2D eigenvalue weighted by atomic mass is 31.2. The molecule has 0 spiro atoms. The fourth-order valence-corrected chi connectivity index (χ4v) is 11.9. The molecule has 19 heteroatoms. The van der Waals surface area contributed by atoms with Crippen molar-refractivity contribution in [3.05, 3.63) is 0 Å². The number of aliphatic hydroxyl groups excluding tert-OH is 1. The van der Waals surface area contributed by atoms with Crippen molar-refractivity contribution in [3.8, 4) is 0 Å². The molecule has 0 saturated heterocycles. The first-order valence-corrected chi connectivity index (χ1v) is 38.6. The van der Waals surface area contributed by atoms with Crippen LogP contribution in [0.3, 0.4) is 0 Å². The number of carbonyl (C=O) groups excluding carboxylic acids is 4. The Balaban J connectivity index is 5.13. The quantitative estimate of drug-likeness (QED) is 0.0222. The molecule has 0 aromatic carbocycles. The molecule has 0 aromatic heterocycles. The predicted octanol–water partition coefficient (Wildman–Crippen LogP) is 19.4. The van der Waals surface area contributed by atoms with Gasteiger partial charge in [-0.25, -0.2) is 9.13 Å². The molecule has 5 atom stereocenters. The van der Waals surface area contributed by atoms with Crippen LogP contribution in [0.2, 0.25) is 0 Å². The average molecular weight is 1280 g/mol. The normalized spacial score (nSPS) is 14.1. The van der Waals surface area contributed by atoms with Crippen molar-refractivity contribution >= 4 is 39.5 Å². The van der Waals surface area contributed by atoms with Crippen LogP contribution in [0.5, 0.6) is 0 Å². The van der Waals surface area contributed by atoms with Crippen molar-refractivity contribution in [2.45, 2.75) is 368 Å². The molecule has 0 fully saturated rings. The summed E-state index contributed by atoms with van der Waals surface area (Å²) in [7, 11) is -9.88. The molecule has 2 unspecified atom stereocenters. The van der Waals surface area contributed by atoms with Gasteiger partial charge in [0.25, 0.3) is 0 Å². The molecule has 17 nitrogen and oxygen atoms in total. The van der Waals surface area contributed by atoms with Gasteiger partial charge in [0.2, 0.25) is 0 Å². The maximum atomic E-state index is 13.0. The lowest BCUT2D eigenvalue weighted by atomic mass is 10.0. The minimum atomic E-state index is -4.95. The lowest BCUT2D eigenvalue weighted by Gasteiger charge is -2.21. The van der Waals surface area contributed by atoms with Crippen molar-refractivity contribution in [1.29, 1.82) is 0 Å². The highest BCUT2D eigenvalue weighted by molar-refractivity contribution is 7.47. The van der Waals surface area contributed by atoms with Crippen LogP contribution in [0, 0.1) is 5.92 Å². The van der Waals surface area contributed by atoms with Crippen LogP contribution < -0.4 is 0 Å². The van der Waals surface area contributed by atoms with E-state index in [0.29, 0.717) is 25.7 Å². The molecule has 0 bridgehead atoms. The van der Waals surface area contributed by atoms with Crippen LogP contribution in [0.25, 0.3) is 0 Å². The van der Waals surface area contributed by atoms with Crippen molar-refractivity contribution < 1.29 is 80.2 Å². The van der Waals surface area contributed by atoms with E-state index in [0.717, 1.165) is 109 Å². The van der Waals surface area contributed by atoms with E-state index in [1.54, 1.807) is 0 Å². The van der Waals surface area contributed by atoms with E-state index in [1.165, 1.54) is 161 Å². The van der Waals surface area contributed by atoms with Crippen LogP contribution in [0.1, 0.15) is 349 Å². The summed E-state index contributed by atoms with van der Waals surface area (Å²) >= 11 is 0. The van der Waals surface area contributed by atoms with Gasteiger partial charge in [0.1, 0.15) is 19.3 Å². The molecular weight excluding hydrogens is 1150 g/mol. The third kappa shape index (κ3) is 62.6. The van der Waals surface area contributed by atoms with Gasteiger partial charge in [-0.3, -0.25) is 37.3 Å². The number of hydrogen-bond acceptors (Lipinski definition) is 15. The second-order valence-electron chi connectivity index (χ2n) is 25.0. The lowest BCUT2D eigenvalue weighted by Crippen LogP contribution is -2.30. The smallest absolute Gasteiger partial charge is 0.462 e. The zero-order valence-corrected chi connectivity index (χ0v) is 57.9. The number of phosphoric acid groups is 2. The largest absolute Gasteiger partial charge is 0.472 e. The first-order valence-electron chi connectivity index (χ1n) is 35.6. The number of aliphatic hydroxyl groups is 1. The van der Waals surface area contributed by atoms with Crippen molar-refractivity contribution in [1.82, 2.24) is 0 Å². The number of carbonyl (C=O) groups is 4. The van der Waals surface area contributed by atoms with E-state index in [1.807, 2.05) is 0 Å². The fourth-order valence-electron chi connectivity index (χ4n) is 10.3. The molecule has 0 aromatic rings. The highest BCUT2D eigenvalue weighted by Crippen LogP contribution is 2.45. The number of unbranched alkanes of at least 4 members (excludes halogenated alkanes) is 40. The van der Waals surface area contributed by atoms with E-state index in [-0.39, 0.29) is 25.7 Å². The van der Waals surface area contributed by atoms with Gasteiger partial charge in [0, 0.05) is 25.7 Å². The third-order valence-electron chi connectivity index (χ3n) is 15.8. The Morgan fingerprint density at radius 1 is 0.310 bits per heavy atom. The Kier molecular flexibility index (Phi) is 60.2. The van der Waals surface area contributed by atoms with E-state index in [2.05, 4.69) is 34.6 Å². The Morgan fingerprint density at radius 3 is 0.782 bits per heavy atom. The van der Waals surface area contributed by atoms with Gasteiger partial charge in [0.05, 0.1) is 26.4 Å². The Labute approximate surface area is 530 Å². The molecule has 3 N–H and O–H groups in total. The Bertz CT molecular complexity index is 1690. The molecule has 0 aliphatic carbocycles. The number of esters is 4. The fraction of sp³-hybridized carbons (Fsp3) is 0.941. The van der Waals surface area contributed by atoms with Crippen molar-refractivity contribution in [3.63, 3.8) is 0 Å². The summed E-state index contributed by atoms with van der Waals surface area (Å²) in [5.41, 5.74) is 0. The summed E-state index contributed by atoms with van der Waals surface area (Å²) in [6, 6.07) is 0. The number of rotatable bonds is 68. The van der Waals surface area contributed by atoms with Gasteiger partial charge in [0.15, 0.2) is 12.2 Å². The summed E-state index contributed by atoms with van der Waals surface area (Å²) in [5, 5.41) is 10.5. The summed E-state index contributed by atoms with van der Waals surface area (Å²) in [5.74, 6) is -1.35. The van der Waals surface area contributed by atoms with Crippen LogP contribution >= 0.6 is 15.6 Å². The molecule has 0 saturated carbocycles. The molecule has 516 valence electrons. The SMILES string of the molecule is CCCCCCCCCCCCCCCCCCCCC(=O)O[C@H](COC(=O)CCCCCCCCCCCCCCCC(C)C)COP(=O)(O)OC[C@@H](O)COP(=O)(O)OC[C@@H](COC(=O)CCCCCCC)OC(=O)CCCCCCCCCC. The van der Waals surface area contributed by atoms with E-state index in [9.17, 15) is 43.2 Å².